The van der Waals surface area contributed by atoms with Gasteiger partial charge in [-0.25, -0.2) is 0 Å². The lowest BCUT2D eigenvalue weighted by Crippen LogP contribution is -2.52. The molecule has 7 atom stereocenters. The van der Waals surface area contributed by atoms with Gasteiger partial charge in [0.2, 0.25) is 0 Å². The minimum absolute atomic E-state index is 0.716. The van der Waals surface area contributed by atoms with Crippen LogP contribution in [0.15, 0.2) is 0 Å². The molecule has 0 aromatic carbocycles. The first-order chi connectivity index (χ1) is 10.1. The van der Waals surface area contributed by atoms with Gasteiger partial charge in [0.15, 0.2) is 0 Å². The summed E-state index contributed by atoms with van der Waals surface area (Å²) < 4.78 is 0. The second-order valence-electron chi connectivity index (χ2n) is 9.63. The molecule has 0 radical (unpaired) electrons. The van der Waals surface area contributed by atoms with E-state index in [-0.39, 0.29) is 0 Å². The molecule has 4 aliphatic rings. The Hall–Kier alpha value is 0. The van der Waals surface area contributed by atoms with Crippen LogP contribution in [0.5, 0.6) is 0 Å². The molecule has 4 saturated carbocycles. The lowest BCUT2D eigenvalue weighted by Gasteiger charge is -2.60. The molecule has 0 nitrogen and oxygen atoms in total. The molecule has 0 aromatic rings. The van der Waals surface area contributed by atoms with Crippen molar-refractivity contribution in [2.45, 2.75) is 91.4 Å². The van der Waals surface area contributed by atoms with Crippen LogP contribution in [0.25, 0.3) is 0 Å². The molecule has 4 aliphatic carbocycles. The summed E-state index contributed by atoms with van der Waals surface area (Å²) in [6.07, 6.45) is 17.0. The van der Waals surface area contributed by atoms with Gasteiger partial charge in [-0.1, -0.05) is 40.0 Å². The zero-order chi connectivity index (χ0) is 14.7. The van der Waals surface area contributed by atoms with Crippen LogP contribution in [0.1, 0.15) is 91.4 Å². The zero-order valence-electron chi connectivity index (χ0n) is 14.7. The van der Waals surface area contributed by atoms with Gasteiger partial charge in [0.25, 0.3) is 0 Å². The normalized spacial score (nSPS) is 56.4. The topological polar surface area (TPSA) is 0 Å². The van der Waals surface area contributed by atoms with E-state index in [1.165, 1.54) is 19.3 Å². The molecule has 0 N–H and O–H groups in total. The van der Waals surface area contributed by atoms with Gasteiger partial charge in [-0.15, -0.1) is 0 Å². The largest absolute Gasteiger partial charge is 0.0651 e. The maximum absolute atomic E-state index is 2.71. The first-order valence-corrected chi connectivity index (χ1v) is 10.1. The Morgan fingerprint density at radius 1 is 0.762 bits per heavy atom. The summed E-state index contributed by atoms with van der Waals surface area (Å²) in [4.78, 5) is 0. The molecule has 0 heteroatoms. The average Bonchev–Trinajstić information content (AvgIpc) is 2.83. The molecule has 0 amide bonds. The summed E-state index contributed by atoms with van der Waals surface area (Å²) in [5.41, 5.74) is 1.45. The Kier molecular flexibility index (Phi) is 3.47. The van der Waals surface area contributed by atoms with Crippen LogP contribution in [-0.2, 0) is 0 Å². The van der Waals surface area contributed by atoms with E-state index in [0.717, 1.165) is 35.0 Å². The smallest absolute Gasteiger partial charge is 0.0266 e. The van der Waals surface area contributed by atoms with Crippen molar-refractivity contribution in [3.05, 3.63) is 0 Å². The monoisotopic (exact) mass is 288 g/mol. The Bertz CT molecular complexity index is 399. The third kappa shape index (κ3) is 1.93. The third-order valence-corrected chi connectivity index (χ3v) is 9.27. The van der Waals surface area contributed by atoms with Gasteiger partial charge in [-0.2, -0.15) is 0 Å². The van der Waals surface area contributed by atoms with Crippen LogP contribution in [0, 0.1) is 40.4 Å². The highest BCUT2D eigenvalue weighted by Gasteiger charge is 2.59. The van der Waals surface area contributed by atoms with E-state index >= 15 is 0 Å². The van der Waals surface area contributed by atoms with Crippen LogP contribution in [0.2, 0.25) is 0 Å². The Morgan fingerprint density at radius 3 is 2.38 bits per heavy atom. The van der Waals surface area contributed by atoms with E-state index < -0.39 is 0 Å². The first kappa shape index (κ1) is 14.6. The molecule has 21 heavy (non-hydrogen) atoms. The Morgan fingerprint density at radius 2 is 1.57 bits per heavy atom. The van der Waals surface area contributed by atoms with Gasteiger partial charge in [0, 0.05) is 0 Å². The maximum Gasteiger partial charge on any atom is -0.0266 e. The quantitative estimate of drug-likeness (QED) is 0.520. The predicted molar refractivity (Wildman–Crippen MR) is 90.1 cm³/mol. The average molecular weight is 289 g/mol. The summed E-state index contributed by atoms with van der Waals surface area (Å²) >= 11 is 0. The molecular weight excluding hydrogens is 252 g/mol. The van der Waals surface area contributed by atoms with Crippen LogP contribution < -0.4 is 0 Å². The number of hydrogen-bond acceptors (Lipinski definition) is 0. The van der Waals surface area contributed by atoms with Gasteiger partial charge >= 0.3 is 0 Å². The molecule has 4 rings (SSSR count). The lowest BCUT2D eigenvalue weighted by atomic mass is 9.45. The molecule has 0 saturated heterocycles. The Balaban J connectivity index is 1.62. The van der Waals surface area contributed by atoms with Crippen molar-refractivity contribution in [2.75, 3.05) is 0 Å². The van der Waals surface area contributed by atoms with Gasteiger partial charge < -0.3 is 0 Å². The van der Waals surface area contributed by atoms with Crippen molar-refractivity contribution >= 4 is 0 Å². The number of hydrogen-bond donors (Lipinski definition) is 0. The maximum atomic E-state index is 2.71. The fraction of sp³-hybridized carbons (Fsp3) is 1.00. The van der Waals surface area contributed by atoms with Crippen molar-refractivity contribution in [1.29, 1.82) is 0 Å². The number of rotatable bonds is 1. The minimum atomic E-state index is 0.716. The molecule has 0 unspecified atom stereocenters. The van der Waals surface area contributed by atoms with Gasteiger partial charge in [0.1, 0.15) is 0 Å². The molecular formula is C21H36. The van der Waals surface area contributed by atoms with Crippen molar-refractivity contribution in [3.8, 4) is 0 Å². The highest BCUT2D eigenvalue weighted by atomic mass is 14.6. The SMILES string of the molecule is CC[C@@H]1CC[C@H]2[C@@H]3CC[C@H]4CCCC[C@@]4(C)[C@H]3CC[C@]12C. The highest BCUT2D eigenvalue weighted by molar-refractivity contribution is 5.08. The fourth-order valence-corrected chi connectivity index (χ4v) is 8.07. The van der Waals surface area contributed by atoms with Gasteiger partial charge in [-0.05, 0) is 91.8 Å². The van der Waals surface area contributed by atoms with E-state index in [0.29, 0.717) is 5.41 Å². The van der Waals surface area contributed by atoms with Gasteiger partial charge in [0.05, 0.1) is 0 Å². The third-order valence-electron chi connectivity index (χ3n) is 9.27. The van der Waals surface area contributed by atoms with Crippen LogP contribution >= 0.6 is 0 Å². The molecule has 0 heterocycles. The Labute approximate surface area is 132 Å². The van der Waals surface area contributed by atoms with Gasteiger partial charge in [-0.3, -0.25) is 0 Å². The standard InChI is InChI=1S/C21H36/c1-4-15-9-11-18-17-10-8-16-7-5-6-13-20(16,2)19(17)12-14-21(15,18)3/h15-19H,4-14H2,1-3H3/t15-,16-,17+,18+,19+,20-,21-/m1/s1. The van der Waals surface area contributed by atoms with Crippen LogP contribution in [-0.4, -0.2) is 0 Å². The van der Waals surface area contributed by atoms with E-state index in [1.807, 2.05) is 0 Å². The first-order valence-electron chi connectivity index (χ1n) is 10.1. The highest BCUT2D eigenvalue weighted by Crippen LogP contribution is 2.67. The lowest BCUT2D eigenvalue weighted by molar-refractivity contribution is -0.110. The van der Waals surface area contributed by atoms with Crippen molar-refractivity contribution in [1.82, 2.24) is 0 Å². The summed E-state index contributed by atoms with van der Waals surface area (Å²) in [5, 5.41) is 0. The number of fused-ring (bicyclic) bond motifs is 5. The zero-order valence-corrected chi connectivity index (χ0v) is 14.7. The van der Waals surface area contributed by atoms with Crippen LogP contribution in [0.4, 0.5) is 0 Å². The van der Waals surface area contributed by atoms with E-state index in [4.69, 9.17) is 0 Å². The second-order valence-corrected chi connectivity index (χ2v) is 9.63. The van der Waals surface area contributed by atoms with Crippen molar-refractivity contribution in [3.63, 3.8) is 0 Å². The second kappa shape index (κ2) is 5.00. The van der Waals surface area contributed by atoms with Crippen LogP contribution in [0.3, 0.4) is 0 Å². The summed E-state index contributed by atoms with van der Waals surface area (Å²) in [7, 11) is 0. The summed E-state index contributed by atoms with van der Waals surface area (Å²) in [6, 6.07) is 0. The molecule has 0 aliphatic heterocycles. The molecule has 0 spiro atoms. The van der Waals surface area contributed by atoms with E-state index in [2.05, 4.69) is 20.8 Å². The molecule has 120 valence electrons. The van der Waals surface area contributed by atoms with E-state index in [9.17, 15) is 0 Å². The van der Waals surface area contributed by atoms with E-state index in [1.54, 1.807) is 51.4 Å². The van der Waals surface area contributed by atoms with Crippen molar-refractivity contribution in [2.24, 2.45) is 40.4 Å². The molecule has 0 aromatic heterocycles. The predicted octanol–water partition coefficient (Wildman–Crippen LogP) is 6.45. The minimum Gasteiger partial charge on any atom is -0.0651 e. The summed E-state index contributed by atoms with van der Waals surface area (Å²) in [6.45, 7) is 7.84. The van der Waals surface area contributed by atoms with Crippen molar-refractivity contribution < 1.29 is 0 Å². The molecule has 0 bridgehead atoms. The fourth-order valence-electron chi connectivity index (χ4n) is 8.07. The summed E-state index contributed by atoms with van der Waals surface area (Å²) in [5.74, 6) is 5.39. The molecule has 4 fully saturated rings.